The summed E-state index contributed by atoms with van der Waals surface area (Å²) < 4.78 is 2.66. The van der Waals surface area contributed by atoms with Gasteiger partial charge in [0.05, 0.1) is 0 Å². The Morgan fingerprint density at radius 2 is 1.10 bits per heavy atom. The molecule has 7 aromatic carbocycles. The van der Waals surface area contributed by atoms with Gasteiger partial charge in [0.1, 0.15) is 0 Å². The van der Waals surface area contributed by atoms with Gasteiger partial charge in [-0.1, -0.05) is 160 Å². The molecule has 0 amide bonds. The second-order valence-corrected chi connectivity index (χ2v) is 14.9. The van der Waals surface area contributed by atoms with E-state index in [9.17, 15) is 0 Å². The van der Waals surface area contributed by atoms with E-state index in [-0.39, 0.29) is 5.41 Å². The second kappa shape index (κ2) is 11.6. The molecule has 1 heterocycles. The normalized spacial score (nSPS) is 15.6. The van der Waals surface area contributed by atoms with E-state index in [1.54, 1.807) is 0 Å². The van der Waals surface area contributed by atoms with Crippen molar-refractivity contribution in [1.29, 1.82) is 0 Å². The number of thiophene rings is 1. The van der Waals surface area contributed by atoms with Crippen LogP contribution in [0.25, 0.3) is 80.7 Å². The highest BCUT2D eigenvalue weighted by molar-refractivity contribution is 7.25. The van der Waals surface area contributed by atoms with Gasteiger partial charge in [-0.2, -0.15) is 0 Å². The molecule has 0 fully saturated rings. The molecule has 1 aliphatic carbocycles. The summed E-state index contributed by atoms with van der Waals surface area (Å²) in [5.74, 6) is 0. The van der Waals surface area contributed by atoms with Crippen LogP contribution in [0.1, 0.15) is 31.4 Å². The first-order chi connectivity index (χ1) is 24.0. The van der Waals surface area contributed by atoms with Crippen LogP contribution in [0.3, 0.4) is 0 Å². The number of hydrogen-bond donors (Lipinski definition) is 0. The molecular formula is C48H36S. The Balaban J connectivity index is 1.36. The molecule has 0 aliphatic heterocycles. The van der Waals surface area contributed by atoms with Crippen molar-refractivity contribution in [2.75, 3.05) is 0 Å². The Hall–Kier alpha value is -5.50. The summed E-state index contributed by atoms with van der Waals surface area (Å²) in [6.07, 6.45) is 9.77. The van der Waals surface area contributed by atoms with Crippen LogP contribution < -0.4 is 0 Å². The SMILES string of the molecule is C=C1/C=C\C=C/CC(C)(C)c2c1c(-c1cccc(-c3c4ccccc4c(-c4ccccc4)c4ccccc34)c1)cc1sc3ccccc3c21. The van der Waals surface area contributed by atoms with Crippen molar-refractivity contribution in [2.45, 2.75) is 25.7 Å². The van der Waals surface area contributed by atoms with Crippen molar-refractivity contribution in [3.05, 3.63) is 175 Å². The van der Waals surface area contributed by atoms with Crippen molar-refractivity contribution in [3.8, 4) is 33.4 Å². The van der Waals surface area contributed by atoms with Crippen molar-refractivity contribution in [2.24, 2.45) is 0 Å². The van der Waals surface area contributed by atoms with Crippen molar-refractivity contribution in [3.63, 3.8) is 0 Å². The molecular weight excluding hydrogens is 609 g/mol. The summed E-state index contributed by atoms with van der Waals surface area (Å²) in [5, 5.41) is 7.79. The largest absolute Gasteiger partial charge is 0.135 e. The molecule has 0 bridgehead atoms. The monoisotopic (exact) mass is 644 g/mol. The fraction of sp³-hybridized carbons (Fsp3) is 0.0833. The molecule has 0 spiro atoms. The summed E-state index contributed by atoms with van der Waals surface area (Å²) in [6.45, 7) is 9.50. The van der Waals surface area contributed by atoms with E-state index in [1.807, 2.05) is 11.3 Å². The minimum absolute atomic E-state index is 0.101. The van der Waals surface area contributed by atoms with Crippen LogP contribution in [0.15, 0.2) is 164 Å². The molecule has 0 radical (unpaired) electrons. The average molecular weight is 645 g/mol. The van der Waals surface area contributed by atoms with E-state index in [4.69, 9.17) is 6.58 Å². The van der Waals surface area contributed by atoms with Crippen LogP contribution in [0.4, 0.5) is 0 Å². The molecule has 0 unspecified atom stereocenters. The zero-order valence-corrected chi connectivity index (χ0v) is 28.7. The fourth-order valence-electron chi connectivity index (χ4n) is 8.12. The standard InChI is InChI=1S/C48H36S/c1-31-17-6-5-15-28-48(2,3)47-43(31)40(30-42-46(47)39-26-13-14-27-41(39)49-42)33-20-16-21-34(29-33)45-37-24-11-9-22-35(37)44(32-18-7-4-8-19-32)36-23-10-12-25-38(36)45/h4-27,29-30H,1,28H2,2-3H3/b15-5-,17-6-. The third kappa shape index (κ3) is 4.80. The van der Waals surface area contributed by atoms with Gasteiger partial charge in [0, 0.05) is 20.2 Å². The lowest BCUT2D eigenvalue weighted by molar-refractivity contribution is 0.538. The first-order valence-corrected chi connectivity index (χ1v) is 17.9. The van der Waals surface area contributed by atoms with Crippen molar-refractivity contribution in [1.82, 2.24) is 0 Å². The van der Waals surface area contributed by atoms with Crippen LogP contribution in [-0.4, -0.2) is 0 Å². The lowest BCUT2D eigenvalue weighted by Crippen LogP contribution is -2.19. The Kier molecular flexibility index (Phi) is 7.00. The molecule has 9 rings (SSSR count). The Bertz CT molecular complexity index is 2600. The third-order valence-electron chi connectivity index (χ3n) is 10.3. The zero-order chi connectivity index (χ0) is 33.1. The van der Waals surface area contributed by atoms with Crippen LogP contribution in [0.5, 0.6) is 0 Å². The molecule has 1 aromatic heterocycles. The van der Waals surface area contributed by atoms with Gasteiger partial charge in [-0.25, -0.2) is 0 Å². The number of fused-ring (bicyclic) bond motifs is 7. The Labute approximate surface area is 292 Å². The smallest absolute Gasteiger partial charge is 0.0365 e. The number of rotatable bonds is 3. The molecule has 0 atom stereocenters. The summed E-state index contributed by atoms with van der Waals surface area (Å²) >= 11 is 1.90. The van der Waals surface area contributed by atoms with Gasteiger partial charge < -0.3 is 0 Å². The first kappa shape index (κ1) is 29.6. The summed E-state index contributed by atoms with van der Waals surface area (Å²) in [6, 6.07) is 49.2. The number of allylic oxidation sites excluding steroid dienone is 5. The molecule has 8 aromatic rings. The first-order valence-electron chi connectivity index (χ1n) is 17.1. The van der Waals surface area contributed by atoms with E-state index in [0.717, 1.165) is 12.0 Å². The van der Waals surface area contributed by atoms with Gasteiger partial charge in [-0.05, 0) is 102 Å². The fourth-order valence-corrected chi connectivity index (χ4v) is 9.28. The maximum atomic E-state index is 4.71. The lowest BCUT2D eigenvalue weighted by Gasteiger charge is -2.30. The van der Waals surface area contributed by atoms with Crippen molar-refractivity contribution >= 4 is 58.6 Å². The summed E-state index contributed by atoms with van der Waals surface area (Å²) in [5.41, 5.74) is 11.1. The highest BCUT2D eigenvalue weighted by Crippen LogP contribution is 2.50. The van der Waals surface area contributed by atoms with Crippen molar-refractivity contribution < 1.29 is 0 Å². The van der Waals surface area contributed by atoms with Gasteiger partial charge in [-0.3, -0.25) is 0 Å². The van der Waals surface area contributed by atoms with Gasteiger partial charge in [0.15, 0.2) is 0 Å². The third-order valence-corrected chi connectivity index (χ3v) is 11.4. The number of benzene rings is 7. The molecule has 1 heteroatoms. The average Bonchev–Trinajstić information content (AvgIpc) is 3.52. The summed E-state index contributed by atoms with van der Waals surface area (Å²) in [7, 11) is 0. The Morgan fingerprint density at radius 1 is 0.531 bits per heavy atom. The van der Waals surface area contributed by atoms with E-state index in [2.05, 4.69) is 172 Å². The lowest BCUT2D eigenvalue weighted by atomic mass is 9.73. The molecule has 0 saturated carbocycles. The van der Waals surface area contributed by atoms with Crippen LogP contribution in [0.2, 0.25) is 0 Å². The van der Waals surface area contributed by atoms with Gasteiger partial charge in [0.25, 0.3) is 0 Å². The molecule has 1 aliphatic rings. The highest BCUT2D eigenvalue weighted by Gasteiger charge is 2.30. The maximum Gasteiger partial charge on any atom is 0.0365 e. The highest BCUT2D eigenvalue weighted by atomic mass is 32.1. The van der Waals surface area contributed by atoms with Crippen LogP contribution >= 0.6 is 11.3 Å². The number of hydrogen-bond acceptors (Lipinski definition) is 1. The van der Waals surface area contributed by atoms with Crippen LogP contribution in [0, 0.1) is 0 Å². The van der Waals surface area contributed by atoms with Crippen LogP contribution in [-0.2, 0) is 5.41 Å². The predicted octanol–water partition coefficient (Wildman–Crippen LogP) is 14.2. The van der Waals surface area contributed by atoms with Gasteiger partial charge in [-0.15, -0.1) is 11.3 Å². The van der Waals surface area contributed by atoms with E-state index < -0.39 is 0 Å². The van der Waals surface area contributed by atoms with E-state index in [0.29, 0.717) is 0 Å². The summed E-state index contributed by atoms with van der Waals surface area (Å²) in [4.78, 5) is 0. The van der Waals surface area contributed by atoms with E-state index >= 15 is 0 Å². The molecule has 0 saturated heterocycles. The maximum absolute atomic E-state index is 4.71. The molecule has 0 N–H and O–H groups in total. The minimum atomic E-state index is -0.101. The van der Waals surface area contributed by atoms with Gasteiger partial charge in [0.2, 0.25) is 0 Å². The van der Waals surface area contributed by atoms with Gasteiger partial charge >= 0.3 is 0 Å². The quantitative estimate of drug-likeness (QED) is 0.168. The zero-order valence-electron chi connectivity index (χ0n) is 27.8. The molecule has 234 valence electrons. The topological polar surface area (TPSA) is 0 Å². The van der Waals surface area contributed by atoms with E-state index in [1.165, 1.54) is 86.2 Å². The predicted molar refractivity (Wildman–Crippen MR) is 216 cm³/mol. The second-order valence-electron chi connectivity index (χ2n) is 13.8. The Morgan fingerprint density at radius 3 is 1.80 bits per heavy atom. The molecule has 49 heavy (non-hydrogen) atoms. The minimum Gasteiger partial charge on any atom is -0.135 e. The molecule has 0 nitrogen and oxygen atoms in total.